The Balaban J connectivity index is 1.73. The summed E-state index contributed by atoms with van der Waals surface area (Å²) in [5.74, 6) is -3.61. The Morgan fingerprint density at radius 2 is 1.96 bits per heavy atom. The number of hydrogen-bond donors (Lipinski definition) is 0. The van der Waals surface area contributed by atoms with Crippen LogP contribution in [-0.4, -0.2) is 49.2 Å². The van der Waals surface area contributed by atoms with Crippen molar-refractivity contribution in [2.24, 2.45) is 11.8 Å². The van der Waals surface area contributed by atoms with Gasteiger partial charge in [-0.3, -0.25) is 14.4 Å². The van der Waals surface area contributed by atoms with E-state index in [1.807, 2.05) is 0 Å². The zero-order valence-corrected chi connectivity index (χ0v) is 14.7. The van der Waals surface area contributed by atoms with Gasteiger partial charge in [-0.05, 0) is 18.2 Å². The minimum atomic E-state index is -1.16. The molecule has 3 aliphatic heterocycles. The van der Waals surface area contributed by atoms with E-state index in [0.717, 1.165) is 4.90 Å². The summed E-state index contributed by atoms with van der Waals surface area (Å²) >= 11 is 0. The molecule has 0 unspecified atom stereocenters. The van der Waals surface area contributed by atoms with Gasteiger partial charge in [0.1, 0.15) is 12.2 Å². The smallest absolute Gasteiger partial charge is 0.339 e. The Morgan fingerprint density at radius 1 is 1.22 bits per heavy atom. The van der Waals surface area contributed by atoms with E-state index in [-0.39, 0.29) is 17.9 Å². The number of benzene rings is 1. The minimum Gasteiger partial charge on any atom is -0.465 e. The van der Waals surface area contributed by atoms with Crippen LogP contribution in [0.1, 0.15) is 17.3 Å². The van der Waals surface area contributed by atoms with Crippen molar-refractivity contribution in [2.45, 2.75) is 18.6 Å². The van der Waals surface area contributed by atoms with Crippen LogP contribution in [0.3, 0.4) is 0 Å². The lowest BCUT2D eigenvalue weighted by molar-refractivity contribution is -0.150. The number of nitrogens with zero attached hydrogens (tertiary/aromatic N) is 1. The molecule has 2 fully saturated rings. The fourth-order valence-electron chi connectivity index (χ4n) is 4.07. The molecule has 0 radical (unpaired) electrons. The molecule has 0 aliphatic carbocycles. The minimum absolute atomic E-state index is 0.122. The number of methoxy groups -OCH3 is 1. The van der Waals surface area contributed by atoms with Gasteiger partial charge in [-0.15, -0.1) is 0 Å². The van der Waals surface area contributed by atoms with Crippen LogP contribution in [0.15, 0.2) is 36.4 Å². The fourth-order valence-corrected chi connectivity index (χ4v) is 4.07. The number of carbonyl (C=O) groups excluding carboxylic acids is 4. The van der Waals surface area contributed by atoms with E-state index in [1.54, 1.807) is 24.3 Å². The summed E-state index contributed by atoms with van der Waals surface area (Å²) in [6.45, 7) is 1.11. The monoisotopic (exact) mass is 371 g/mol. The number of ether oxygens (including phenoxy) is 3. The third-order valence-corrected chi connectivity index (χ3v) is 5.21. The molecule has 3 aliphatic rings. The highest BCUT2D eigenvalue weighted by Gasteiger charge is 2.68. The van der Waals surface area contributed by atoms with Gasteiger partial charge < -0.3 is 14.2 Å². The molecular weight excluding hydrogens is 354 g/mol. The van der Waals surface area contributed by atoms with Crippen LogP contribution in [0.25, 0.3) is 0 Å². The van der Waals surface area contributed by atoms with Crippen molar-refractivity contribution >= 4 is 29.4 Å². The van der Waals surface area contributed by atoms with Crippen LogP contribution in [-0.2, 0) is 28.6 Å². The highest BCUT2D eigenvalue weighted by molar-refractivity contribution is 6.25. The number of amides is 2. The maximum absolute atomic E-state index is 13.2. The van der Waals surface area contributed by atoms with E-state index in [4.69, 9.17) is 14.2 Å². The summed E-state index contributed by atoms with van der Waals surface area (Å²) in [5.41, 5.74) is -0.865. The number of para-hydroxylation sites is 1. The quantitative estimate of drug-likeness (QED) is 0.439. The highest BCUT2D eigenvalue weighted by Crippen LogP contribution is 2.52. The van der Waals surface area contributed by atoms with Crippen LogP contribution < -0.4 is 4.90 Å². The molecule has 0 aromatic heterocycles. The highest BCUT2D eigenvalue weighted by atomic mass is 16.6. The summed E-state index contributed by atoms with van der Waals surface area (Å²) in [6, 6.07) is 6.28. The molecule has 1 aromatic carbocycles. The predicted octanol–water partition coefficient (Wildman–Crippen LogP) is 0.849. The average Bonchev–Trinajstić information content (AvgIpc) is 3.30. The van der Waals surface area contributed by atoms with Crippen LogP contribution in [0.2, 0.25) is 0 Å². The van der Waals surface area contributed by atoms with E-state index in [0.29, 0.717) is 0 Å². The molecule has 0 saturated carbocycles. The number of imide groups is 1. The van der Waals surface area contributed by atoms with Crippen molar-refractivity contribution in [2.75, 3.05) is 18.6 Å². The number of hydrogen-bond acceptors (Lipinski definition) is 7. The average molecular weight is 371 g/mol. The molecule has 2 saturated heterocycles. The first-order valence-electron chi connectivity index (χ1n) is 8.45. The molecule has 8 heteroatoms. The maximum Gasteiger partial charge on any atom is 0.339 e. The number of carbonyl (C=O) groups is 4. The Bertz CT molecular complexity index is 892. The van der Waals surface area contributed by atoms with Crippen molar-refractivity contribution in [1.29, 1.82) is 0 Å². The second-order valence-electron chi connectivity index (χ2n) is 6.70. The number of anilines is 1. The largest absolute Gasteiger partial charge is 0.465 e. The Labute approximate surface area is 154 Å². The summed E-state index contributed by atoms with van der Waals surface area (Å²) < 4.78 is 15.7. The predicted molar refractivity (Wildman–Crippen MR) is 90.6 cm³/mol. The lowest BCUT2D eigenvalue weighted by Crippen LogP contribution is -2.44. The van der Waals surface area contributed by atoms with Gasteiger partial charge in [-0.2, -0.15) is 0 Å². The Hall–Kier alpha value is -3.00. The van der Waals surface area contributed by atoms with E-state index < -0.39 is 47.3 Å². The van der Waals surface area contributed by atoms with Crippen molar-refractivity contribution in [3.8, 4) is 0 Å². The molecule has 4 rings (SSSR count). The van der Waals surface area contributed by atoms with Gasteiger partial charge in [0.2, 0.25) is 11.8 Å². The summed E-state index contributed by atoms with van der Waals surface area (Å²) in [5, 5.41) is 0. The van der Waals surface area contributed by atoms with Gasteiger partial charge in [-0.25, -0.2) is 9.69 Å². The fraction of sp³-hybridized carbons (Fsp3) is 0.368. The zero-order chi connectivity index (χ0) is 19.3. The van der Waals surface area contributed by atoms with E-state index in [1.165, 1.54) is 26.2 Å². The van der Waals surface area contributed by atoms with Gasteiger partial charge in [0, 0.05) is 6.92 Å². The molecule has 2 bridgehead atoms. The first-order chi connectivity index (χ1) is 12.9. The zero-order valence-electron chi connectivity index (χ0n) is 14.7. The van der Waals surface area contributed by atoms with Crippen LogP contribution in [0, 0.1) is 11.8 Å². The Kier molecular flexibility index (Phi) is 3.88. The third-order valence-electron chi connectivity index (χ3n) is 5.21. The van der Waals surface area contributed by atoms with Crippen molar-refractivity contribution in [3.63, 3.8) is 0 Å². The normalized spacial score (nSPS) is 30.6. The third kappa shape index (κ3) is 2.40. The lowest BCUT2D eigenvalue weighted by atomic mass is 9.77. The van der Waals surface area contributed by atoms with Gasteiger partial charge in [0.05, 0.1) is 36.3 Å². The van der Waals surface area contributed by atoms with Gasteiger partial charge in [0.25, 0.3) is 0 Å². The molecule has 1 aromatic rings. The van der Waals surface area contributed by atoms with Crippen molar-refractivity contribution < 1.29 is 33.4 Å². The maximum atomic E-state index is 13.2. The molecule has 2 amide bonds. The van der Waals surface area contributed by atoms with Gasteiger partial charge in [0.15, 0.2) is 0 Å². The van der Waals surface area contributed by atoms with Gasteiger partial charge >= 0.3 is 11.9 Å². The van der Waals surface area contributed by atoms with Crippen LogP contribution in [0.5, 0.6) is 0 Å². The standard InChI is InChI=1S/C19H17NO7/c1-10(21)26-9-19-8-7-13(27-19)14-15(19)17(23)20(16(14)22)12-6-4-3-5-11(12)18(24)25-2/h3-8,13-15H,9H2,1-2H3/t13-,14-,15-,19+/m1/s1. The summed E-state index contributed by atoms with van der Waals surface area (Å²) in [4.78, 5) is 50.6. The van der Waals surface area contributed by atoms with E-state index in [9.17, 15) is 19.2 Å². The second kappa shape index (κ2) is 6.02. The van der Waals surface area contributed by atoms with Crippen molar-refractivity contribution in [1.82, 2.24) is 0 Å². The molecule has 0 N–H and O–H groups in total. The van der Waals surface area contributed by atoms with E-state index >= 15 is 0 Å². The molecule has 4 atom stereocenters. The Morgan fingerprint density at radius 3 is 2.67 bits per heavy atom. The first-order valence-corrected chi connectivity index (χ1v) is 8.45. The molecule has 27 heavy (non-hydrogen) atoms. The molecule has 3 heterocycles. The molecular formula is C19H17NO7. The topological polar surface area (TPSA) is 99.2 Å². The second-order valence-corrected chi connectivity index (χ2v) is 6.70. The van der Waals surface area contributed by atoms with Crippen LogP contribution >= 0.6 is 0 Å². The van der Waals surface area contributed by atoms with E-state index in [2.05, 4.69) is 0 Å². The summed E-state index contributed by atoms with van der Waals surface area (Å²) in [6.07, 6.45) is 2.83. The molecule has 140 valence electrons. The number of rotatable bonds is 4. The van der Waals surface area contributed by atoms with Gasteiger partial charge in [-0.1, -0.05) is 18.2 Å². The SMILES string of the molecule is COC(=O)c1ccccc1N1C(=O)[C@@H]2[C@H]3C=C[C@@](COC(C)=O)(O3)[C@H]2C1=O. The van der Waals surface area contributed by atoms with Crippen molar-refractivity contribution in [3.05, 3.63) is 42.0 Å². The number of fused-ring (bicyclic) bond motifs is 5. The molecule has 8 nitrogen and oxygen atoms in total. The first kappa shape index (κ1) is 17.4. The molecule has 0 spiro atoms. The summed E-state index contributed by atoms with van der Waals surface area (Å²) in [7, 11) is 1.23. The number of esters is 2. The van der Waals surface area contributed by atoms with Crippen LogP contribution in [0.4, 0.5) is 5.69 Å². The lowest BCUT2D eigenvalue weighted by Gasteiger charge is -2.28.